The van der Waals surface area contributed by atoms with Crippen molar-refractivity contribution >= 4 is 34.7 Å². The lowest BCUT2D eigenvalue weighted by molar-refractivity contribution is 0.415. The molecule has 4 aromatic carbocycles. The van der Waals surface area contributed by atoms with Crippen LogP contribution in [0.2, 0.25) is 0 Å². The monoisotopic (exact) mass is 376 g/mol. The Bertz CT molecular complexity index is 1150. The van der Waals surface area contributed by atoms with E-state index in [1.165, 1.54) is 21.9 Å². The van der Waals surface area contributed by atoms with Crippen molar-refractivity contribution < 1.29 is 4.74 Å². The van der Waals surface area contributed by atoms with E-state index < -0.39 is 0 Å². The van der Waals surface area contributed by atoms with Gasteiger partial charge < -0.3 is 15.2 Å². The van der Waals surface area contributed by atoms with Crippen molar-refractivity contribution in [1.82, 2.24) is 0 Å². The fourth-order valence-electron chi connectivity index (χ4n) is 3.95. The minimum atomic E-state index is -0.0205. The highest BCUT2D eigenvalue weighted by molar-refractivity contribution is 6.73. The van der Waals surface area contributed by atoms with Crippen LogP contribution in [0.1, 0.15) is 11.1 Å². The zero-order valence-corrected chi connectivity index (χ0v) is 16.2. The molecule has 0 unspecified atom stereocenters. The maximum atomic E-state index is 5.33. The largest absolute Gasteiger partial charge is 0.497 e. The lowest BCUT2D eigenvalue weighted by Crippen LogP contribution is -2.35. The van der Waals surface area contributed by atoms with Crippen molar-refractivity contribution in [3.8, 4) is 5.75 Å². The molecule has 0 bridgehead atoms. The summed E-state index contributed by atoms with van der Waals surface area (Å²) in [6.45, 7) is -0.0205. The molecule has 4 aromatic rings. The van der Waals surface area contributed by atoms with E-state index in [9.17, 15) is 0 Å². The van der Waals surface area contributed by atoms with Crippen LogP contribution in [0.25, 0.3) is 16.3 Å². The number of benzene rings is 4. The molecule has 0 fully saturated rings. The van der Waals surface area contributed by atoms with Crippen molar-refractivity contribution in [2.45, 2.75) is 0 Å². The first-order valence-electron chi connectivity index (χ1n) is 9.78. The molecular formula is C25H21BN2O. The Morgan fingerprint density at radius 1 is 0.724 bits per heavy atom. The van der Waals surface area contributed by atoms with Crippen molar-refractivity contribution in [2.24, 2.45) is 0 Å². The summed E-state index contributed by atoms with van der Waals surface area (Å²) in [6.07, 6.45) is 0. The highest BCUT2D eigenvalue weighted by Crippen LogP contribution is 2.35. The Morgan fingerprint density at radius 2 is 1.34 bits per heavy atom. The van der Waals surface area contributed by atoms with Crippen LogP contribution in [-0.2, 0) is 0 Å². The Labute approximate surface area is 171 Å². The highest BCUT2D eigenvalue weighted by Gasteiger charge is 2.22. The summed E-state index contributed by atoms with van der Waals surface area (Å²) in [5, 5.41) is 9.76. The van der Waals surface area contributed by atoms with Gasteiger partial charge >= 0.3 is 6.98 Å². The van der Waals surface area contributed by atoms with Gasteiger partial charge in [0.2, 0.25) is 0 Å². The fourth-order valence-corrected chi connectivity index (χ4v) is 3.95. The summed E-state index contributed by atoms with van der Waals surface area (Å²) in [6, 6.07) is 31.5. The molecule has 4 heteroatoms. The minimum absolute atomic E-state index is 0.0205. The molecule has 0 saturated carbocycles. The molecule has 1 aliphatic heterocycles. The second-order valence-electron chi connectivity index (χ2n) is 7.15. The molecule has 29 heavy (non-hydrogen) atoms. The lowest BCUT2D eigenvalue weighted by atomic mass is 9.70. The zero-order chi connectivity index (χ0) is 19.6. The minimum Gasteiger partial charge on any atom is -0.497 e. The third-order valence-electron chi connectivity index (χ3n) is 5.35. The predicted octanol–water partition coefficient (Wildman–Crippen LogP) is 5.85. The molecule has 1 heterocycles. The first-order valence-corrected chi connectivity index (χ1v) is 9.78. The molecule has 0 saturated heterocycles. The molecule has 0 aliphatic carbocycles. The molecule has 0 amide bonds. The third kappa shape index (κ3) is 3.34. The van der Waals surface area contributed by atoms with Crippen LogP contribution in [-0.4, -0.2) is 14.1 Å². The highest BCUT2D eigenvalue weighted by atomic mass is 16.5. The standard InChI is InChI=1S/C25H21BN2O/c1-29-21-15-13-19(14-16-21)22(18-7-3-2-4-8-18)17-26-27-23-11-5-9-20-10-6-12-24(28-26)25(20)23/h2-17,27-28H,1H3/b22-17+. The molecule has 140 valence electrons. The van der Waals surface area contributed by atoms with Gasteiger partial charge in [-0.25, -0.2) is 0 Å². The average Bonchev–Trinajstić information content (AvgIpc) is 2.78. The Morgan fingerprint density at radius 3 is 1.97 bits per heavy atom. The van der Waals surface area contributed by atoms with Gasteiger partial charge in [-0.05, 0) is 46.4 Å². The Hall–Kier alpha value is -3.66. The second kappa shape index (κ2) is 7.40. The molecular weight excluding hydrogens is 355 g/mol. The number of methoxy groups -OCH3 is 1. The zero-order valence-electron chi connectivity index (χ0n) is 16.2. The lowest BCUT2D eigenvalue weighted by Gasteiger charge is -2.25. The molecule has 0 spiro atoms. The van der Waals surface area contributed by atoms with E-state index in [4.69, 9.17) is 4.74 Å². The van der Waals surface area contributed by atoms with E-state index in [1.54, 1.807) is 7.11 Å². The molecule has 0 radical (unpaired) electrons. The van der Waals surface area contributed by atoms with Gasteiger partial charge in [-0.3, -0.25) is 0 Å². The maximum Gasteiger partial charge on any atom is 0.399 e. The number of hydrogen-bond acceptors (Lipinski definition) is 3. The number of rotatable bonds is 4. The Balaban J connectivity index is 1.57. The molecule has 0 atom stereocenters. The summed E-state index contributed by atoms with van der Waals surface area (Å²) >= 11 is 0. The number of nitrogens with one attached hydrogen (secondary N) is 2. The smallest absolute Gasteiger partial charge is 0.399 e. The number of hydrogen-bond donors (Lipinski definition) is 2. The van der Waals surface area contributed by atoms with Gasteiger partial charge in [-0.1, -0.05) is 72.7 Å². The summed E-state index contributed by atoms with van der Waals surface area (Å²) in [7, 11) is 1.69. The number of anilines is 2. The molecule has 5 rings (SSSR count). The van der Waals surface area contributed by atoms with Gasteiger partial charge in [0.25, 0.3) is 0 Å². The van der Waals surface area contributed by atoms with E-state index >= 15 is 0 Å². The van der Waals surface area contributed by atoms with Crippen LogP contribution < -0.4 is 15.2 Å². The van der Waals surface area contributed by atoms with Gasteiger partial charge in [-0.15, -0.1) is 0 Å². The summed E-state index contributed by atoms with van der Waals surface area (Å²) in [4.78, 5) is 0. The maximum absolute atomic E-state index is 5.33. The van der Waals surface area contributed by atoms with Gasteiger partial charge in [0, 0.05) is 16.8 Å². The van der Waals surface area contributed by atoms with E-state index in [0.717, 1.165) is 22.7 Å². The summed E-state index contributed by atoms with van der Waals surface area (Å²) < 4.78 is 5.33. The van der Waals surface area contributed by atoms with Crippen molar-refractivity contribution in [2.75, 3.05) is 17.6 Å². The molecule has 2 N–H and O–H groups in total. The Kier molecular flexibility index (Phi) is 4.45. The SMILES string of the molecule is COc1ccc(/C(=C/B2Nc3cccc4cccc(c34)N2)c2ccccc2)cc1. The van der Waals surface area contributed by atoms with Gasteiger partial charge in [0.05, 0.1) is 7.11 Å². The molecule has 3 nitrogen and oxygen atoms in total. The predicted molar refractivity (Wildman–Crippen MR) is 123 cm³/mol. The second-order valence-corrected chi connectivity index (χ2v) is 7.15. The van der Waals surface area contributed by atoms with Crippen molar-refractivity contribution in [1.29, 1.82) is 0 Å². The molecule has 0 aromatic heterocycles. The van der Waals surface area contributed by atoms with E-state index in [2.05, 4.69) is 89.2 Å². The van der Waals surface area contributed by atoms with Crippen LogP contribution in [0, 0.1) is 0 Å². The van der Waals surface area contributed by atoms with Crippen LogP contribution in [0.4, 0.5) is 11.4 Å². The average molecular weight is 376 g/mol. The van der Waals surface area contributed by atoms with E-state index in [1.807, 2.05) is 18.2 Å². The van der Waals surface area contributed by atoms with Crippen LogP contribution in [0.5, 0.6) is 5.75 Å². The first kappa shape index (κ1) is 17.4. The summed E-state index contributed by atoms with van der Waals surface area (Å²) in [5.41, 5.74) is 5.81. The first-order chi connectivity index (χ1) is 14.3. The van der Waals surface area contributed by atoms with Gasteiger partial charge in [-0.2, -0.15) is 0 Å². The van der Waals surface area contributed by atoms with Gasteiger partial charge in [0.1, 0.15) is 5.75 Å². The van der Waals surface area contributed by atoms with E-state index in [-0.39, 0.29) is 6.98 Å². The van der Waals surface area contributed by atoms with Gasteiger partial charge in [0.15, 0.2) is 0 Å². The quantitative estimate of drug-likeness (QED) is 0.439. The topological polar surface area (TPSA) is 33.3 Å². The number of ether oxygens (including phenoxy) is 1. The third-order valence-corrected chi connectivity index (χ3v) is 5.35. The van der Waals surface area contributed by atoms with Crippen LogP contribution >= 0.6 is 0 Å². The fraction of sp³-hybridized carbons (Fsp3) is 0.0400. The normalized spacial score (nSPS) is 13.0. The molecule has 1 aliphatic rings. The van der Waals surface area contributed by atoms with Crippen LogP contribution in [0.3, 0.4) is 0 Å². The van der Waals surface area contributed by atoms with Crippen molar-refractivity contribution in [3.05, 3.63) is 108 Å². The summed E-state index contributed by atoms with van der Waals surface area (Å²) in [5.74, 6) is 3.11. The van der Waals surface area contributed by atoms with Crippen molar-refractivity contribution in [3.63, 3.8) is 0 Å². The van der Waals surface area contributed by atoms with E-state index in [0.29, 0.717) is 0 Å². The van der Waals surface area contributed by atoms with Crippen LogP contribution in [0.15, 0.2) is 97.0 Å².